The third-order valence-corrected chi connectivity index (χ3v) is 3.51. The highest BCUT2D eigenvalue weighted by Crippen LogP contribution is 2.35. The Hall–Kier alpha value is -2.07. The van der Waals surface area contributed by atoms with Gasteiger partial charge in [-0.15, -0.1) is 0 Å². The van der Waals surface area contributed by atoms with Crippen LogP contribution in [-0.2, 0) is 6.61 Å². The third-order valence-electron chi connectivity index (χ3n) is 3.51. The van der Waals surface area contributed by atoms with Crippen molar-refractivity contribution in [1.29, 1.82) is 0 Å². The van der Waals surface area contributed by atoms with E-state index in [2.05, 4.69) is 40.0 Å². The number of anilines is 3. The summed E-state index contributed by atoms with van der Waals surface area (Å²) in [6.45, 7) is 1.91. The standard InChI is InChI=1S/C15H17N3O/c1-17-8-9-18(14-5-3-2-4-13(14)17)15-10-12(11-19)6-7-16-15/h2-7,10,19H,8-9,11H2,1H3. The monoisotopic (exact) mass is 255 g/mol. The second-order valence-corrected chi connectivity index (χ2v) is 4.74. The molecule has 19 heavy (non-hydrogen) atoms. The highest BCUT2D eigenvalue weighted by molar-refractivity contribution is 5.78. The van der Waals surface area contributed by atoms with Gasteiger partial charge >= 0.3 is 0 Å². The molecule has 1 aliphatic heterocycles. The molecule has 0 saturated carbocycles. The van der Waals surface area contributed by atoms with Crippen molar-refractivity contribution in [2.45, 2.75) is 6.61 Å². The van der Waals surface area contributed by atoms with Crippen LogP contribution in [-0.4, -0.2) is 30.2 Å². The van der Waals surface area contributed by atoms with Crippen LogP contribution in [0.15, 0.2) is 42.6 Å². The molecule has 0 spiro atoms. The number of likely N-dealkylation sites (N-methyl/N-ethyl adjacent to an activating group) is 1. The van der Waals surface area contributed by atoms with Crippen molar-refractivity contribution in [3.05, 3.63) is 48.2 Å². The van der Waals surface area contributed by atoms with Gasteiger partial charge in [-0.05, 0) is 29.8 Å². The highest BCUT2D eigenvalue weighted by atomic mass is 16.3. The zero-order valence-electron chi connectivity index (χ0n) is 11.0. The van der Waals surface area contributed by atoms with Crippen molar-refractivity contribution in [2.24, 2.45) is 0 Å². The van der Waals surface area contributed by atoms with Gasteiger partial charge in [-0.3, -0.25) is 0 Å². The molecule has 4 heteroatoms. The van der Waals surface area contributed by atoms with Crippen molar-refractivity contribution in [1.82, 2.24) is 4.98 Å². The molecule has 1 aromatic heterocycles. The van der Waals surface area contributed by atoms with Crippen molar-refractivity contribution in [3.8, 4) is 0 Å². The number of pyridine rings is 1. The van der Waals surface area contributed by atoms with Crippen molar-refractivity contribution >= 4 is 17.2 Å². The fraction of sp³-hybridized carbons (Fsp3) is 0.267. The number of nitrogens with zero attached hydrogens (tertiary/aromatic N) is 3. The lowest BCUT2D eigenvalue weighted by Crippen LogP contribution is -2.36. The molecular weight excluding hydrogens is 238 g/mol. The van der Waals surface area contributed by atoms with Crippen molar-refractivity contribution in [3.63, 3.8) is 0 Å². The van der Waals surface area contributed by atoms with Crippen LogP contribution >= 0.6 is 0 Å². The molecule has 0 amide bonds. The van der Waals surface area contributed by atoms with E-state index in [0.29, 0.717) is 0 Å². The van der Waals surface area contributed by atoms with E-state index >= 15 is 0 Å². The van der Waals surface area contributed by atoms with Gasteiger partial charge in [-0.1, -0.05) is 12.1 Å². The fourth-order valence-corrected chi connectivity index (χ4v) is 2.45. The molecule has 0 atom stereocenters. The molecule has 0 fully saturated rings. The summed E-state index contributed by atoms with van der Waals surface area (Å²) in [5, 5.41) is 9.24. The normalized spacial score (nSPS) is 14.4. The first-order chi connectivity index (χ1) is 9.29. The first-order valence-electron chi connectivity index (χ1n) is 6.43. The molecule has 1 aromatic carbocycles. The zero-order valence-corrected chi connectivity index (χ0v) is 11.0. The molecule has 0 saturated heterocycles. The van der Waals surface area contributed by atoms with Crippen LogP contribution in [0.2, 0.25) is 0 Å². The molecule has 98 valence electrons. The minimum atomic E-state index is 0.0465. The lowest BCUT2D eigenvalue weighted by Gasteiger charge is -2.36. The number of aliphatic hydroxyl groups is 1. The molecule has 0 radical (unpaired) electrons. The van der Waals surface area contributed by atoms with E-state index in [4.69, 9.17) is 0 Å². The zero-order chi connectivity index (χ0) is 13.2. The van der Waals surface area contributed by atoms with Gasteiger partial charge in [0.25, 0.3) is 0 Å². The maximum atomic E-state index is 9.24. The molecule has 2 aromatic rings. The van der Waals surface area contributed by atoms with Gasteiger partial charge in [0.05, 0.1) is 18.0 Å². The molecule has 0 unspecified atom stereocenters. The largest absolute Gasteiger partial charge is 0.392 e. The van der Waals surface area contributed by atoms with E-state index in [1.807, 2.05) is 18.2 Å². The number of para-hydroxylation sites is 2. The van der Waals surface area contributed by atoms with Gasteiger partial charge in [0.1, 0.15) is 5.82 Å². The maximum Gasteiger partial charge on any atom is 0.133 e. The predicted molar refractivity (Wildman–Crippen MR) is 76.9 cm³/mol. The van der Waals surface area contributed by atoms with Crippen LogP contribution in [0, 0.1) is 0 Å². The second kappa shape index (κ2) is 4.90. The lowest BCUT2D eigenvalue weighted by molar-refractivity contribution is 0.282. The smallest absolute Gasteiger partial charge is 0.133 e. The Balaban J connectivity index is 2.04. The van der Waals surface area contributed by atoms with Crippen LogP contribution in [0.3, 0.4) is 0 Å². The second-order valence-electron chi connectivity index (χ2n) is 4.74. The first-order valence-corrected chi connectivity index (χ1v) is 6.43. The average Bonchev–Trinajstić information content (AvgIpc) is 2.48. The van der Waals surface area contributed by atoms with Gasteiger partial charge in [0, 0.05) is 26.3 Å². The molecule has 0 aliphatic carbocycles. The summed E-state index contributed by atoms with van der Waals surface area (Å²) >= 11 is 0. The minimum absolute atomic E-state index is 0.0465. The molecule has 2 heterocycles. The Morgan fingerprint density at radius 1 is 1.16 bits per heavy atom. The van der Waals surface area contributed by atoms with Crippen LogP contribution in [0.4, 0.5) is 17.2 Å². The van der Waals surface area contributed by atoms with Crippen LogP contribution in [0.1, 0.15) is 5.56 Å². The summed E-state index contributed by atoms with van der Waals surface area (Å²) in [6.07, 6.45) is 1.75. The number of hydrogen-bond donors (Lipinski definition) is 1. The van der Waals surface area contributed by atoms with Crippen molar-refractivity contribution in [2.75, 3.05) is 29.9 Å². The average molecular weight is 255 g/mol. The summed E-state index contributed by atoms with van der Waals surface area (Å²) in [6, 6.07) is 12.1. The highest BCUT2D eigenvalue weighted by Gasteiger charge is 2.21. The summed E-state index contributed by atoms with van der Waals surface area (Å²) in [7, 11) is 2.10. The molecule has 4 nitrogen and oxygen atoms in total. The van der Waals surface area contributed by atoms with Gasteiger partial charge in [-0.25, -0.2) is 4.98 Å². The number of fused-ring (bicyclic) bond motifs is 1. The van der Waals surface area contributed by atoms with E-state index in [1.165, 1.54) is 11.4 Å². The lowest BCUT2D eigenvalue weighted by atomic mass is 10.1. The van der Waals surface area contributed by atoms with Gasteiger partial charge in [0.15, 0.2) is 0 Å². The molecule has 0 bridgehead atoms. The van der Waals surface area contributed by atoms with E-state index in [9.17, 15) is 5.11 Å². The number of rotatable bonds is 2. The Morgan fingerprint density at radius 2 is 1.95 bits per heavy atom. The topological polar surface area (TPSA) is 39.6 Å². The first kappa shape index (κ1) is 12.0. The third kappa shape index (κ3) is 2.15. The molecule has 1 N–H and O–H groups in total. The number of aromatic nitrogens is 1. The van der Waals surface area contributed by atoms with Gasteiger partial charge in [-0.2, -0.15) is 0 Å². The minimum Gasteiger partial charge on any atom is -0.392 e. The molecule has 1 aliphatic rings. The maximum absolute atomic E-state index is 9.24. The van der Waals surface area contributed by atoms with Gasteiger partial charge in [0.2, 0.25) is 0 Å². The van der Waals surface area contributed by atoms with E-state index < -0.39 is 0 Å². The quantitative estimate of drug-likeness (QED) is 0.892. The van der Waals surface area contributed by atoms with E-state index in [1.54, 1.807) is 6.20 Å². The van der Waals surface area contributed by atoms with Crippen LogP contribution < -0.4 is 9.80 Å². The Labute approximate surface area is 112 Å². The Kier molecular flexibility index (Phi) is 3.09. The van der Waals surface area contributed by atoms with E-state index in [-0.39, 0.29) is 6.61 Å². The fourth-order valence-electron chi connectivity index (χ4n) is 2.45. The number of aliphatic hydroxyl groups excluding tert-OH is 1. The van der Waals surface area contributed by atoms with Crippen LogP contribution in [0.5, 0.6) is 0 Å². The summed E-state index contributed by atoms with van der Waals surface area (Å²) in [5.74, 6) is 0.895. The molecular formula is C15H17N3O. The summed E-state index contributed by atoms with van der Waals surface area (Å²) in [5.41, 5.74) is 3.27. The van der Waals surface area contributed by atoms with E-state index in [0.717, 1.165) is 24.5 Å². The number of benzene rings is 1. The Bertz CT molecular complexity index is 585. The summed E-state index contributed by atoms with van der Waals surface area (Å²) in [4.78, 5) is 8.89. The molecule has 3 rings (SSSR count). The summed E-state index contributed by atoms with van der Waals surface area (Å²) < 4.78 is 0. The van der Waals surface area contributed by atoms with Crippen molar-refractivity contribution < 1.29 is 5.11 Å². The SMILES string of the molecule is CN1CCN(c2cc(CO)ccn2)c2ccccc21. The number of hydrogen-bond acceptors (Lipinski definition) is 4. The predicted octanol–water partition coefficient (Wildman–Crippen LogP) is 2.16. The Morgan fingerprint density at radius 3 is 2.74 bits per heavy atom. The van der Waals surface area contributed by atoms with Crippen LogP contribution in [0.25, 0.3) is 0 Å². The van der Waals surface area contributed by atoms with Gasteiger partial charge < -0.3 is 14.9 Å².